The van der Waals surface area contributed by atoms with E-state index in [1.165, 1.54) is 31.4 Å². The second-order valence-corrected chi connectivity index (χ2v) is 3.22. The van der Waals surface area contributed by atoms with Crippen molar-refractivity contribution in [2.45, 2.75) is 26.2 Å². The van der Waals surface area contributed by atoms with Gasteiger partial charge in [0.15, 0.2) is 0 Å². The summed E-state index contributed by atoms with van der Waals surface area (Å²) >= 11 is 0. The Hall–Kier alpha value is -0.300. The van der Waals surface area contributed by atoms with Crippen LogP contribution in [0.4, 0.5) is 0 Å². The molecule has 0 aromatic rings. The SMILES string of the molecule is C=C(C)CCCCN(C)C. The molecular weight excluding hydrogens is 122 g/mol. The number of rotatable bonds is 5. The third-order valence-electron chi connectivity index (χ3n) is 1.46. The van der Waals surface area contributed by atoms with Gasteiger partial charge in [-0.25, -0.2) is 0 Å². The lowest BCUT2D eigenvalue weighted by atomic mass is 10.1. The van der Waals surface area contributed by atoms with E-state index in [1.54, 1.807) is 0 Å². The van der Waals surface area contributed by atoms with Crippen molar-refractivity contribution in [3.05, 3.63) is 12.2 Å². The van der Waals surface area contributed by atoms with Crippen LogP contribution in [0, 0.1) is 0 Å². The van der Waals surface area contributed by atoms with E-state index in [2.05, 4.69) is 32.5 Å². The van der Waals surface area contributed by atoms with Crippen LogP contribution in [0.3, 0.4) is 0 Å². The number of hydrogen-bond donors (Lipinski definition) is 0. The Labute approximate surface area is 64.7 Å². The average molecular weight is 141 g/mol. The summed E-state index contributed by atoms with van der Waals surface area (Å²) in [6, 6.07) is 0. The second kappa shape index (κ2) is 5.48. The fourth-order valence-corrected chi connectivity index (χ4v) is 0.855. The smallest absolute Gasteiger partial charge is 0.00247 e. The molecule has 0 aromatic carbocycles. The fraction of sp³-hybridized carbons (Fsp3) is 0.778. The van der Waals surface area contributed by atoms with E-state index in [-0.39, 0.29) is 0 Å². The monoisotopic (exact) mass is 141 g/mol. The van der Waals surface area contributed by atoms with Gasteiger partial charge in [0.25, 0.3) is 0 Å². The first-order valence-electron chi connectivity index (χ1n) is 3.92. The number of nitrogens with zero attached hydrogens (tertiary/aromatic N) is 1. The predicted molar refractivity (Wildman–Crippen MR) is 47.2 cm³/mol. The maximum atomic E-state index is 3.86. The van der Waals surface area contributed by atoms with Gasteiger partial charge in [-0.15, -0.1) is 6.58 Å². The van der Waals surface area contributed by atoms with Crippen LogP contribution in [0.15, 0.2) is 12.2 Å². The summed E-state index contributed by atoms with van der Waals surface area (Å²) in [5.74, 6) is 0. The normalized spacial score (nSPS) is 10.4. The minimum Gasteiger partial charge on any atom is -0.309 e. The standard InChI is InChI=1S/C9H19N/c1-9(2)7-5-6-8-10(3)4/h1,5-8H2,2-4H3. The van der Waals surface area contributed by atoms with E-state index in [1.807, 2.05) is 0 Å². The van der Waals surface area contributed by atoms with Crippen molar-refractivity contribution in [1.82, 2.24) is 4.90 Å². The van der Waals surface area contributed by atoms with Gasteiger partial charge in [-0.3, -0.25) is 0 Å². The molecule has 60 valence electrons. The highest BCUT2D eigenvalue weighted by molar-refractivity contribution is 4.87. The molecule has 0 N–H and O–H groups in total. The molecule has 0 aliphatic rings. The lowest BCUT2D eigenvalue weighted by Gasteiger charge is -2.08. The minimum atomic E-state index is 1.19. The molecule has 0 aromatic heterocycles. The third kappa shape index (κ3) is 7.70. The zero-order chi connectivity index (χ0) is 7.98. The summed E-state index contributed by atoms with van der Waals surface area (Å²) in [4.78, 5) is 2.22. The van der Waals surface area contributed by atoms with Gasteiger partial charge in [0.2, 0.25) is 0 Å². The Morgan fingerprint density at radius 1 is 1.30 bits per heavy atom. The maximum Gasteiger partial charge on any atom is -0.00247 e. The Morgan fingerprint density at radius 3 is 2.30 bits per heavy atom. The van der Waals surface area contributed by atoms with Crippen LogP contribution >= 0.6 is 0 Å². The first-order valence-corrected chi connectivity index (χ1v) is 3.92. The molecule has 0 radical (unpaired) electrons. The molecule has 1 heteroatoms. The quantitative estimate of drug-likeness (QED) is 0.419. The summed E-state index contributed by atoms with van der Waals surface area (Å²) in [5, 5.41) is 0. The zero-order valence-corrected chi connectivity index (χ0v) is 7.48. The largest absolute Gasteiger partial charge is 0.309 e. The Morgan fingerprint density at radius 2 is 1.90 bits per heavy atom. The molecule has 1 nitrogen and oxygen atoms in total. The Balaban J connectivity index is 2.98. The Kier molecular flexibility index (Phi) is 5.32. The highest BCUT2D eigenvalue weighted by atomic mass is 15.0. The van der Waals surface area contributed by atoms with Gasteiger partial charge >= 0.3 is 0 Å². The van der Waals surface area contributed by atoms with Crippen LogP contribution in [0.1, 0.15) is 26.2 Å². The summed E-state index contributed by atoms with van der Waals surface area (Å²) in [6.07, 6.45) is 3.77. The van der Waals surface area contributed by atoms with Crippen molar-refractivity contribution in [3.8, 4) is 0 Å². The highest BCUT2D eigenvalue weighted by Crippen LogP contribution is 2.03. The third-order valence-corrected chi connectivity index (χ3v) is 1.46. The van der Waals surface area contributed by atoms with E-state index < -0.39 is 0 Å². The molecule has 10 heavy (non-hydrogen) atoms. The van der Waals surface area contributed by atoms with Gasteiger partial charge in [0.05, 0.1) is 0 Å². The van der Waals surface area contributed by atoms with E-state index in [0.29, 0.717) is 0 Å². The predicted octanol–water partition coefficient (Wildman–Crippen LogP) is 2.29. The second-order valence-electron chi connectivity index (χ2n) is 3.22. The minimum absolute atomic E-state index is 1.19. The van der Waals surface area contributed by atoms with Crippen LogP contribution in [-0.4, -0.2) is 25.5 Å². The Bertz CT molecular complexity index is 94.9. The molecule has 0 aliphatic carbocycles. The molecule has 0 saturated heterocycles. The molecular formula is C9H19N. The summed E-state index contributed by atoms with van der Waals surface area (Å²) < 4.78 is 0. The molecule has 0 unspecified atom stereocenters. The summed E-state index contributed by atoms with van der Waals surface area (Å²) in [6.45, 7) is 7.15. The fourth-order valence-electron chi connectivity index (χ4n) is 0.855. The van der Waals surface area contributed by atoms with Crippen LogP contribution in [-0.2, 0) is 0 Å². The van der Waals surface area contributed by atoms with Crippen LogP contribution in [0.2, 0.25) is 0 Å². The number of allylic oxidation sites excluding steroid dienone is 1. The summed E-state index contributed by atoms with van der Waals surface area (Å²) in [7, 11) is 4.22. The molecule has 0 fully saturated rings. The van der Waals surface area contributed by atoms with Gasteiger partial charge in [-0.05, 0) is 46.8 Å². The van der Waals surface area contributed by atoms with E-state index >= 15 is 0 Å². The van der Waals surface area contributed by atoms with Crippen molar-refractivity contribution in [2.24, 2.45) is 0 Å². The van der Waals surface area contributed by atoms with Crippen molar-refractivity contribution in [1.29, 1.82) is 0 Å². The van der Waals surface area contributed by atoms with Crippen LogP contribution in [0.25, 0.3) is 0 Å². The van der Waals surface area contributed by atoms with E-state index in [4.69, 9.17) is 0 Å². The van der Waals surface area contributed by atoms with Crippen molar-refractivity contribution in [3.63, 3.8) is 0 Å². The van der Waals surface area contributed by atoms with Gasteiger partial charge in [0, 0.05) is 0 Å². The zero-order valence-electron chi connectivity index (χ0n) is 7.48. The van der Waals surface area contributed by atoms with Crippen molar-refractivity contribution >= 4 is 0 Å². The lowest BCUT2D eigenvalue weighted by Crippen LogP contribution is -2.12. The van der Waals surface area contributed by atoms with Gasteiger partial charge in [0.1, 0.15) is 0 Å². The summed E-state index contributed by atoms with van der Waals surface area (Å²) in [5.41, 5.74) is 1.30. The van der Waals surface area contributed by atoms with Crippen LogP contribution < -0.4 is 0 Å². The highest BCUT2D eigenvalue weighted by Gasteiger charge is 1.90. The number of unbranched alkanes of at least 4 members (excludes halogenated alkanes) is 1. The average Bonchev–Trinajstić information content (AvgIpc) is 1.79. The molecule has 0 aliphatic heterocycles. The molecule has 0 spiro atoms. The first kappa shape index (κ1) is 9.70. The van der Waals surface area contributed by atoms with Gasteiger partial charge in [-0.2, -0.15) is 0 Å². The molecule has 0 heterocycles. The molecule has 0 atom stereocenters. The van der Waals surface area contributed by atoms with Crippen molar-refractivity contribution in [2.75, 3.05) is 20.6 Å². The number of hydrogen-bond acceptors (Lipinski definition) is 1. The molecule has 0 amide bonds. The molecule has 0 saturated carbocycles. The van der Waals surface area contributed by atoms with Gasteiger partial charge in [-0.1, -0.05) is 5.57 Å². The van der Waals surface area contributed by atoms with Crippen LogP contribution in [0.5, 0.6) is 0 Å². The maximum absolute atomic E-state index is 3.86. The van der Waals surface area contributed by atoms with E-state index in [9.17, 15) is 0 Å². The van der Waals surface area contributed by atoms with Gasteiger partial charge < -0.3 is 4.90 Å². The van der Waals surface area contributed by atoms with Crippen molar-refractivity contribution < 1.29 is 0 Å². The molecule has 0 bridgehead atoms. The van der Waals surface area contributed by atoms with E-state index in [0.717, 1.165) is 0 Å². The topological polar surface area (TPSA) is 3.24 Å². The lowest BCUT2D eigenvalue weighted by molar-refractivity contribution is 0.394. The molecule has 0 rings (SSSR count). The first-order chi connectivity index (χ1) is 4.63.